The number of alkyl halides is 1. The minimum atomic E-state index is -1.41. The second-order valence-corrected chi connectivity index (χ2v) is 5.80. The van der Waals surface area contributed by atoms with Gasteiger partial charge in [-0.25, -0.2) is 14.4 Å². The first-order valence-electron chi connectivity index (χ1n) is 6.52. The molecule has 2 atom stereocenters. The third-order valence-electron chi connectivity index (χ3n) is 3.92. The van der Waals surface area contributed by atoms with Crippen molar-refractivity contribution in [3.05, 3.63) is 18.0 Å². The van der Waals surface area contributed by atoms with Crippen LogP contribution in [-0.4, -0.2) is 36.1 Å². The molecule has 0 aliphatic carbocycles. The molecular weight excluding hydrogens is 231 g/mol. The van der Waals surface area contributed by atoms with Crippen LogP contribution < -0.4 is 10.2 Å². The quantitative estimate of drug-likeness (QED) is 0.860. The van der Waals surface area contributed by atoms with Crippen LogP contribution in [0.2, 0.25) is 0 Å². The van der Waals surface area contributed by atoms with Gasteiger partial charge in [0, 0.05) is 32.4 Å². The molecule has 2 aliphatic rings. The average molecular weight is 250 g/mol. The Labute approximate surface area is 107 Å². The van der Waals surface area contributed by atoms with E-state index in [1.807, 2.05) is 0 Å². The molecule has 3 heterocycles. The van der Waals surface area contributed by atoms with E-state index in [1.54, 1.807) is 12.3 Å². The Bertz CT molecular complexity index is 431. The van der Waals surface area contributed by atoms with Crippen LogP contribution in [0.4, 0.5) is 10.3 Å². The van der Waals surface area contributed by atoms with Gasteiger partial charge in [-0.05, 0) is 31.7 Å². The van der Waals surface area contributed by atoms with Crippen molar-refractivity contribution < 1.29 is 4.39 Å². The Hall–Kier alpha value is -1.23. The highest BCUT2D eigenvalue weighted by Gasteiger charge is 2.37. The zero-order chi connectivity index (χ0) is 12.8. The lowest BCUT2D eigenvalue weighted by atomic mass is 10.0. The lowest BCUT2D eigenvalue weighted by Crippen LogP contribution is -2.27. The maximum Gasteiger partial charge on any atom is 0.225 e. The van der Waals surface area contributed by atoms with Gasteiger partial charge in [0.05, 0.1) is 5.69 Å². The number of nitrogens with zero attached hydrogens (tertiary/aromatic N) is 3. The fourth-order valence-electron chi connectivity index (χ4n) is 2.85. The predicted octanol–water partition coefficient (Wildman–Crippen LogP) is 1.34. The van der Waals surface area contributed by atoms with Crippen LogP contribution in [0.3, 0.4) is 0 Å². The molecule has 98 valence electrons. The summed E-state index contributed by atoms with van der Waals surface area (Å²) >= 11 is 0. The minimum Gasteiger partial charge on any atom is -0.340 e. The molecule has 0 saturated carbocycles. The molecule has 1 aromatic rings. The number of rotatable bonds is 2. The Balaban J connectivity index is 1.81. The summed E-state index contributed by atoms with van der Waals surface area (Å²) in [5.74, 6) is 2.05. The normalized spacial score (nSPS) is 27.6. The van der Waals surface area contributed by atoms with Gasteiger partial charge in [0.25, 0.3) is 0 Å². The molecule has 1 N–H and O–H groups in total. The van der Waals surface area contributed by atoms with Gasteiger partial charge >= 0.3 is 0 Å². The lowest BCUT2D eigenvalue weighted by molar-refractivity contribution is 0.214. The smallest absolute Gasteiger partial charge is 0.225 e. The molecule has 0 unspecified atom stereocenters. The molecule has 2 aliphatic heterocycles. The number of fused-ring (bicyclic) bond motifs is 1. The number of anilines is 1. The van der Waals surface area contributed by atoms with E-state index in [2.05, 4.69) is 20.2 Å². The Kier molecular flexibility index (Phi) is 2.73. The van der Waals surface area contributed by atoms with Crippen LogP contribution in [0.5, 0.6) is 0 Å². The van der Waals surface area contributed by atoms with Crippen molar-refractivity contribution in [1.29, 1.82) is 0 Å². The van der Waals surface area contributed by atoms with Crippen molar-refractivity contribution in [1.82, 2.24) is 15.3 Å². The van der Waals surface area contributed by atoms with Gasteiger partial charge in [0.15, 0.2) is 0 Å². The molecule has 3 rings (SSSR count). The number of aromatic nitrogens is 2. The second-order valence-electron chi connectivity index (χ2n) is 5.80. The molecule has 5 heteroatoms. The summed E-state index contributed by atoms with van der Waals surface area (Å²) < 4.78 is 13.9. The Morgan fingerprint density at radius 1 is 1.33 bits per heavy atom. The number of halogens is 1. The Morgan fingerprint density at radius 2 is 2.00 bits per heavy atom. The largest absolute Gasteiger partial charge is 0.340 e. The van der Waals surface area contributed by atoms with Crippen molar-refractivity contribution in [3.63, 3.8) is 0 Å². The van der Waals surface area contributed by atoms with Crippen molar-refractivity contribution in [2.75, 3.05) is 31.1 Å². The number of nitrogens with one attached hydrogen (secondary N) is 1. The average Bonchev–Trinajstić information content (AvgIpc) is 2.88. The van der Waals surface area contributed by atoms with Crippen LogP contribution in [0.1, 0.15) is 19.5 Å². The van der Waals surface area contributed by atoms with Crippen molar-refractivity contribution in [2.24, 2.45) is 11.8 Å². The van der Waals surface area contributed by atoms with Crippen molar-refractivity contribution in [3.8, 4) is 0 Å². The molecule has 1 aromatic heterocycles. The lowest BCUT2D eigenvalue weighted by Gasteiger charge is -2.20. The van der Waals surface area contributed by atoms with Gasteiger partial charge in [0.2, 0.25) is 5.95 Å². The van der Waals surface area contributed by atoms with Gasteiger partial charge in [-0.15, -0.1) is 0 Å². The molecule has 18 heavy (non-hydrogen) atoms. The molecule has 2 saturated heterocycles. The first kappa shape index (κ1) is 11.8. The topological polar surface area (TPSA) is 41.1 Å². The molecule has 0 spiro atoms. The first-order valence-corrected chi connectivity index (χ1v) is 6.52. The highest BCUT2D eigenvalue weighted by molar-refractivity contribution is 5.34. The van der Waals surface area contributed by atoms with E-state index in [0.29, 0.717) is 23.5 Å². The SMILES string of the molecule is CC(C)(F)c1ccnc(N2C[C@H]3CNC[C@H]3C2)n1. The summed E-state index contributed by atoms with van der Waals surface area (Å²) in [6.07, 6.45) is 1.66. The zero-order valence-electron chi connectivity index (χ0n) is 10.9. The molecule has 4 nitrogen and oxygen atoms in total. The maximum atomic E-state index is 13.9. The minimum absolute atomic E-state index is 0.461. The van der Waals surface area contributed by atoms with E-state index < -0.39 is 5.67 Å². The van der Waals surface area contributed by atoms with E-state index in [1.165, 1.54) is 13.8 Å². The van der Waals surface area contributed by atoms with E-state index in [0.717, 1.165) is 26.2 Å². The molecule has 0 radical (unpaired) electrons. The highest BCUT2D eigenvalue weighted by atomic mass is 19.1. The van der Waals surface area contributed by atoms with Gasteiger partial charge in [-0.2, -0.15) is 0 Å². The van der Waals surface area contributed by atoms with Crippen LogP contribution in [-0.2, 0) is 5.67 Å². The van der Waals surface area contributed by atoms with Gasteiger partial charge in [-0.3, -0.25) is 0 Å². The van der Waals surface area contributed by atoms with Crippen LogP contribution in [0.15, 0.2) is 12.3 Å². The van der Waals surface area contributed by atoms with Gasteiger partial charge < -0.3 is 10.2 Å². The van der Waals surface area contributed by atoms with Gasteiger partial charge in [0.1, 0.15) is 5.67 Å². The summed E-state index contributed by atoms with van der Waals surface area (Å²) in [5.41, 5.74) is -0.947. The molecular formula is C13H19FN4. The second kappa shape index (κ2) is 4.16. The van der Waals surface area contributed by atoms with E-state index in [-0.39, 0.29) is 0 Å². The first-order chi connectivity index (χ1) is 8.54. The summed E-state index contributed by atoms with van der Waals surface area (Å²) in [5, 5.41) is 3.40. The monoisotopic (exact) mass is 250 g/mol. The standard InChI is InChI=1S/C13H19FN4/c1-13(2,14)11-3-4-16-12(17-11)18-7-9-5-15-6-10(9)8-18/h3-4,9-10,15H,5-8H2,1-2H3/t9-,10+. The number of hydrogen-bond acceptors (Lipinski definition) is 4. The Morgan fingerprint density at radius 3 is 2.61 bits per heavy atom. The van der Waals surface area contributed by atoms with E-state index in [4.69, 9.17) is 0 Å². The molecule has 0 amide bonds. The predicted molar refractivity (Wildman–Crippen MR) is 68.2 cm³/mol. The third kappa shape index (κ3) is 2.07. The molecule has 0 bridgehead atoms. The summed E-state index contributed by atoms with van der Waals surface area (Å²) in [4.78, 5) is 10.8. The van der Waals surface area contributed by atoms with E-state index >= 15 is 0 Å². The van der Waals surface area contributed by atoms with E-state index in [9.17, 15) is 4.39 Å². The third-order valence-corrected chi connectivity index (χ3v) is 3.92. The fraction of sp³-hybridized carbons (Fsp3) is 0.692. The maximum absolute atomic E-state index is 13.9. The number of hydrogen-bond donors (Lipinski definition) is 1. The van der Waals surface area contributed by atoms with Crippen LogP contribution in [0, 0.1) is 11.8 Å². The zero-order valence-corrected chi connectivity index (χ0v) is 10.9. The summed E-state index contributed by atoms with van der Waals surface area (Å²) in [7, 11) is 0. The van der Waals surface area contributed by atoms with Crippen LogP contribution >= 0.6 is 0 Å². The highest BCUT2D eigenvalue weighted by Crippen LogP contribution is 2.30. The van der Waals surface area contributed by atoms with Gasteiger partial charge in [-0.1, -0.05) is 0 Å². The fourth-order valence-corrected chi connectivity index (χ4v) is 2.85. The van der Waals surface area contributed by atoms with Crippen LogP contribution in [0.25, 0.3) is 0 Å². The van der Waals surface area contributed by atoms with Crippen molar-refractivity contribution in [2.45, 2.75) is 19.5 Å². The molecule has 2 fully saturated rings. The summed E-state index contributed by atoms with van der Waals surface area (Å²) in [6, 6.07) is 1.65. The van der Waals surface area contributed by atoms with Crippen molar-refractivity contribution >= 4 is 5.95 Å². The summed E-state index contributed by atoms with van der Waals surface area (Å²) in [6.45, 7) is 7.18. The molecule has 0 aromatic carbocycles.